The van der Waals surface area contributed by atoms with Crippen LogP contribution in [0.3, 0.4) is 0 Å². The lowest BCUT2D eigenvalue weighted by Gasteiger charge is -2.33. The summed E-state index contributed by atoms with van der Waals surface area (Å²) in [6.45, 7) is 8.94. The zero-order chi connectivity index (χ0) is 24.4. The molecule has 2 aliphatic heterocycles. The normalized spacial score (nSPS) is 24.3. The van der Waals surface area contributed by atoms with Crippen LogP contribution in [-0.2, 0) is 4.74 Å². The number of pyridine rings is 1. The summed E-state index contributed by atoms with van der Waals surface area (Å²) in [7, 11) is 0. The number of aromatic nitrogens is 1. The molecule has 3 aliphatic rings. The van der Waals surface area contributed by atoms with Crippen LogP contribution in [0.4, 0.5) is 22.1 Å². The van der Waals surface area contributed by atoms with Gasteiger partial charge >= 0.3 is 6.03 Å². The molecule has 2 saturated heterocycles. The number of amides is 2. The minimum Gasteiger partial charge on any atom is -0.393 e. The fourth-order valence-electron chi connectivity index (χ4n) is 5.18. The molecule has 3 heterocycles. The van der Waals surface area contributed by atoms with Crippen molar-refractivity contribution in [1.82, 2.24) is 9.88 Å². The van der Waals surface area contributed by atoms with Gasteiger partial charge in [0.15, 0.2) is 0 Å². The molecule has 0 spiro atoms. The van der Waals surface area contributed by atoms with Crippen LogP contribution in [0.5, 0.6) is 0 Å². The molecule has 0 bridgehead atoms. The number of hydrogen-bond acceptors (Lipinski definition) is 6. The molecular weight excluding hydrogens is 442 g/mol. The Balaban J connectivity index is 1.40. The number of benzene rings is 1. The van der Waals surface area contributed by atoms with Crippen molar-refractivity contribution >= 4 is 23.4 Å². The summed E-state index contributed by atoms with van der Waals surface area (Å²) >= 11 is 0. The van der Waals surface area contributed by atoms with Crippen molar-refractivity contribution in [3.63, 3.8) is 0 Å². The van der Waals surface area contributed by atoms with Crippen molar-refractivity contribution in [2.24, 2.45) is 5.92 Å². The number of morpholine rings is 1. The third kappa shape index (κ3) is 5.54. The third-order valence-corrected chi connectivity index (χ3v) is 7.56. The number of carbonyl (C=O) groups excluding carboxylic acids is 1. The summed E-state index contributed by atoms with van der Waals surface area (Å²) in [6.07, 6.45) is 3.46. The third-order valence-electron chi connectivity index (χ3n) is 7.56. The Hall–Kier alpha value is -2.84. The number of likely N-dealkylation sites (tertiary alicyclic amines) is 1. The van der Waals surface area contributed by atoms with E-state index in [2.05, 4.69) is 53.6 Å². The predicted octanol–water partition coefficient (Wildman–Crippen LogP) is 4.09. The Morgan fingerprint density at radius 1 is 1.17 bits per heavy atom. The Morgan fingerprint density at radius 2 is 1.97 bits per heavy atom. The molecule has 3 N–H and O–H groups in total. The van der Waals surface area contributed by atoms with Gasteiger partial charge in [0.1, 0.15) is 11.6 Å². The second-order valence-electron chi connectivity index (χ2n) is 10.1. The highest BCUT2D eigenvalue weighted by atomic mass is 16.5. The van der Waals surface area contributed by atoms with E-state index in [1.807, 2.05) is 11.0 Å². The molecule has 2 amide bonds. The van der Waals surface area contributed by atoms with Gasteiger partial charge in [-0.2, -0.15) is 0 Å². The molecule has 3 fully saturated rings. The highest BCUT2D eigenvalue weighted by molar-refractivity contribution is 5.91. The molecule has 8 heteroatoms. The Bertz CT molecular complexity index is 1050. The molecule has 1 aromatic heterocycles. The van der Waals surface area contributed by atoms with Crippen LogP contribution in [0.2, 0.25) is 0 Å². The number of anilines is 3. The van der Waals surface area contributed by atoms with E-state index in [1.54, 1.807) is 0 Å². The molecule has 188 valence electrons. The van der Waals surface area contributed by atoms with Crippen LogP contribution in [0.15, 0.2) is 30.3 Å². The fourth-order valence-corrected chi connectivity index (χ4v) is 5.18. The summed E-state index contributed by atoms with van der Waals surface area (Å²) in [5.74, 6) is 2.34. The first kappa shape index (κ1) is 23.9. The summed E-state index contributed by atoms with van der Waals surface area (Å²) < 4.78 is 5.54. The van der Waals surface area contributed by atoms with Crippen molar-refractivity contribution in [2.45, 2.75) is 51.7 Å². The number of rotatable bonds is 6. The van der Waals surface area contributed by atoms with E-state index in [9.17, 15) is 9.90 Å². The molecule has 0 unspecified atom stereocenters. The number of ether oxygens (including phenoxy) is 1. The van der Waals surface area contributed by atoms with Crippen LogP contribution in [0.25, 0.3) is 11.1 Å². The summed E-state index contributed by atoms with van der Waals surface area (Å²) in [6, 6.07) is 10.5. The first-order valence-electron chi connectivity index (χ1n) is 12.9. The maximum atomic E-state index is 12.9. The average molecular weight is 480 g/mol. The van der Waals surface area contributed by atoms with Gasteiger partial charge in [0, 0.05) is 37.9 Å². The fraction of sp³-hybridized carbons (Fsp3) is 0.556. The molecular formula is C27H37N5O3. The first-order valence-corrected chi connectivity index (χ1v) is 12.9. The van der Waals surface area contributed by atoms with Crippen LogP contribution in [0, 0.1) is 12.8 Å². The van der Waals surface area contributed by atoms with Gasteiger partial charge in [0.05, 0.1) is 19.3 Å². The average Bonchev–Trinajstić information content (AvgIpc) is 3.34. The standard InChI is InChI=1S/C27H37N5O3/c1-3-19-6-7-32(17-19)27(34)29-21-5-4-18(2)24(16-21)20-12-25(28-22-14-23(33)15-22)30-26(13-20)31-8-10-35-11-9-31/h4-5,12-13,16,19,22-23,33H,3,6-11,14-15,17H2,1-2H3,(H,28,30)(H,29,34)/t19-,22-,23+/m1/s1. The zero-order valence-electron chi connectivity index (χ0n) is 20.8. The quantitative estimate of drug-likeness (QED) is 0.578. The summed E-state index contributed by atoms with van der Waals surface area (Å²) in [4.78, 5) is 21.9. The van der Waals surface area contributed by atoms with Crippen LogP contribution < -0.4 is 15.5 Å². The number of nitrogens with one attached hydrogen (secondary N) is 2. The van der Waals surface area contributed by atoms with E-state index in [0.717, 1.165) is 85.9 Å². The maximum Gasteiger partial charge on any atom is 0.321 e. The van der Waals surface area contributed by atoms with Crippen molar-refractivity contribution < 1.29 is 14.6 Å². The van der Waals surface area contributed by atoms with Gasteiger partial charge in [-0.25, -0.2) is 9.78 Å². The van der Waals surface area contributed by atoms with Crippen LogP contribution >= 0.6 is 0 Å². The van der Waals surface area contributed by atoms with Gasteiger partial charge in [-0.1, -0.05) is 19.4 Å². The van der Waals surface area contributed by atoms with Gasteiger partial charge in [0.25, 0.3) is 0 Å². The van der Waals surface area contributed by atoms with Gasteiger partial charge in [0.2, 0.25) is 0 Å². The minimum absolute atomic E-state index is 0.0228. The number of hydrogen-bond donors (Lipinski definition) is 3. The highest BCUT2D eigenvalue weighted by Crippen LogP contribution is 2.33. The minimum atomic E-state index is -0.222. The van der Waals surface area contributed by atoms with Gasteiger partial charge in [-0.15, -0.1) is 0 Å². The molecule has 8 nitrogen and oxygen atoms in total. The SMILES string of the molecule is CC[C@@H]1CCN(C(=O)Nc2ccc(C)c(-c3cc(N[C@H]4C[C@@H](O)C4)nc(N4CCOCC4)c3)c2)C1. The van der Waals surface area contributed by atoms with E-state index in [0.29, 0.717) is 19.1 Å². The van der Waals surface area contributed by atoms with E-state index < -0.39 is 0 Å². The lowest BCUT2D eigenvalue weighted by Crippen LogP contribution is -2.39. The van der Waals surface area contributed by atoms with Gasteiger partial charge in [-0.3, -0.25) is 0 Å². The number of aliphatic hydroxyl groups is 1. The Kier molecular flexibility index (Phi) is 7.11. The van der Waals surface area contributed by atoms with E-state index in [4.69, 9.17) is 9.72 Å². The van der Waals surface area contributed by atoms with Crippen molar-refractivity contribution in [2.75, 3.05) is 54.9 Å². The van der Waals surface area contributed by atoms with Crippen molar-refractivity contribution in [3.8, 4) is 11.1 Å². The van der Waals surface area contributed by atoms with Gasteiger partial charge < -0.3 is 30.3 Å². The molecule has 0 radical (unpaired) electrons. The molecule has 1 aliphatic carbocycles. The zero-order valence-corrected chi connectivity index (χ0v) is 20.8. The second-order valence-corrected chi connectivity index (χ2v) is 10.1. The van der Waals surface area contributed by atoms with Crippen LogP contribution in [-0.4, -0.2) is 72.6 Å². The molecule has 1 aromatic carbocycles. The van der Waals surface area contributed by atoms with Crippen molar-refractivity contribution in [3.05, 3.63) is 35.9 Å². The Labute approximate surface area is 207 Å². The van der Waals surface area contributed by atoms with E-state index in [1.165, 1.54) is 0 Å². The number of carbonyl (C=O) groups is 1. The Morgan fingerprint density at radius 3 is 2.69 bits per heavy atom. The van der Waals surface area contributed by atoms with Crippen LogP contribution in [0.1, 0.15) is 38.2 Å². The summed E-state index contributed by atoms with van der Waals surface area (Å²) in [5.41, 5.74) is 4.07. The number of aliphatic hydroxyl groups excluding tert-OH is 1. The number of urea groups is 1. The molecule has 1 saturated carbocycles. The van der Waals surface area contributed by atoms with E-state index in [-0.39, 0.29) is 18.2 Å². The topological polar surface area (TPSA) is 90.0 Å². The lowest BCUT2D eigenvalue weighted by atomic mass is 9.89. The summed E-state index contributed by atoms with van der Waals surface area (Å²) in [5, 5.41) is 16.3. The van der Waals surface area contributed by atoms with E-state index >= 15 is 0 Å². The monoisotopic (exact) mass is 479 g/mol. The van der Waals surface area contributed by atoms with Crippen molar-refractivity contribution in [1.29, 1.82) is 0 Å². The highest BCUT2D eigenvalue weighted by Gasteiger charge is 2.28. The molecule has 1 atom stereocenters. The largest absolute Gasteiger partial charge is 0.393 e. The second kappa shape index (κ2) is 10.4. The van der Waals surface area contributed by atoms with Gasteiger partial charge in [-0.05, 0) is 73.1 Å². The molecule has 2 aromatic rings. The smallest absolute Gasteiger partial charge is 0.321 e. The number of aryl methyl sites for hydroxylation is 1. The first-order chi connectivity index (χ1) is 17.0. The predicted molar refractivity (Wildman–Crippen MR) is 139 cm³/mol. The lowest BCUT2D eigenvalue weighted by molar-refractivity contribution is 0.0835. The maximum absolute atomic E-state index is 12.9. The molecule has 35 heavy (non-hydrogen) atoms. The molecule has 5 rings (SSSR count). The number of nitrogens with zero attached hydrogens (tertiary/aromatic N) is 3.